The van der Waals surface area contributed by atoms with Gasteiger partial charge in [-0.05, 0) is 12.1 Å². The van der Waals surface area contributed by atoms with E-state index in [1.807, 2.05) is 37.8 Å². The molecule has 0 amide bonds. The zero-order valence-electron chi connectivity index (χ0n) is 14.2. The van der Waals surface area contributed by atoms with Crippen molar-refractivity contribution in [1.29, 1.82) is 0 Å². The molecule has 3 heterocycles. The van der Waals surface area contributed by atoms with Crippen molar-refractivity contribution in [3.8, 4) is 23.0 Å². The second-order valence-corrected chi connectivity index (χ2v) is 5.85. The van der Waals surface area contributed by atoms with Crippen LogP contribution in [0.2, 0.25) is 5.15 Å². The Kier molecular flexibility index (Phi) is 4.19. The van der Waals surface area contributed by atoms with Crippen molar-refractivity contribution in [2.24, 2.45) is 7.05 Å². The summed E-state index contributed by atoms with van der Waals surface area (Å²) in [6.45, 7) is 0. The first-order valence-corrected chi connectivity index (χ1v) is 7.62. The van der Waals surface area contributed by atoms with Crippen LogP contribution in [0, 0.1) is 0 Å². The molecule has 0 N–H and O–H groups in total. The highest BCUT2D eigenvalue weighted by Gasteiger charge is 2.22. The Labute approximate surface area is 144 Å². The Morgan fingerprint density at radius 2 is 1.71 bits per heavy atom. The van der Waals surface area contributed by atoms with Crippen molar-refractivity contribution >= 4 is 28.5 Å². The molecular weight excluding hydrogens is 330 g/mol. The van der Waals surface area contributed by atoms with E-state index in [0.717, 1.165) is 16.6 Å². The van der Waals surface area contributed by atoms with Crippen molar-refractivity contribution in [2.45, 2.75) is 0 Å². The third-order valence-corrected chi connectivity index (χ3v) is 3.98. The van der Waals surface area contributed by atoms with Gasteiger partial charge in [-0.1, -0.05) is 11.6 Å². The van der Waals surface area contributed by atoms with Gasteiger partial charge in [0.15, 0.2) is 0 Å². The molecule has 126 valence electrons. The summed E-state index contributed by atoms with van der Waals surface area (Å²) in [5.74, 6) is 1.39. The van der Waals surface area contributed by atoms with Crippen LogP contribution in [-0.2, 0) is 7.05 Å². The summed E-state index contributed by atoms with van der Waals surface area (Å²) in [4.78, 5) is 14.9. The molecule has 3 rings (SSSR count). The first-order valence-electron chi connectivity index (χ1n) is 7.25. The molecule has 8 heteroatoms. The monoisotopic (exact) mass is 347 g/mol. The van der Waals surface area contributed by atoms with E-state index in [1.54, 1.807) is 25.3 Å². The normalized spacial score (nSPS) is 10.9. The minimum atomic E-state index is 0.440. The van der Waals surface area contributed by atoms with Crippen LogP contribution in [0.1, 0.15) is 0 Å². The molecule has 3 aromatic heterocycles. The quantitative estimate of drug-likeness (QED) is 0.676. The average Bonchev–Trinajstić information content (AvgIpc) is 2.88. The zero-order valence-corrected chi connectivity index (χ0v) is 14.9. The number of ether oxygens (including phenoxy) is 2. The molecule has 3 aromatic rings. The Morgan fingerprint density at radius 3 is 2.25 bits per heavy atom. The molecule has 0 aliphatic heterocycles. The van der Waals surface area contributed by atoms with Crippen molar-refractivity contribution < 1.29 is 9.47 Å². The minimum Gasteiger partial charge on any atom is -0.480 e. The lowest BCUT2D eigenvalue weighted by Crippen LogP contribution is -2.14. The molecule has 24 heavy (non-hydrogen) atoms. The summed E-state index contributed by atoms with van der Waals surface area (Å²) in [5, 5.41) is 1.41. The highest BCUT2D eigenvalue weighted by Crippen LogP contribution is 2.39. The van der Waals surface area contributed by atoms with E-state index in [4.69, 9.17) is 21.1 Å². The third kappa shape index (κ3) is 2.60. The molecule has 0 fully saturated rings. The average molecular weight is 348 g/mol. The van der Waals surface area contributed by atoms with E-state index in [-0.39, 0.29) is 0 Å². The Hall–Kier alpha value is -2.54. The maximum atomic E-state index is 6.00. The Morgan fingerprint density at radius 1 is 1.08 bits per heavy atom. The van der Waals surface area contributed by atoms with Crippen LogP contribution in [0.3, 0.4) is 0 Å². The summed E-state index contributed by atoms with van der Waals surface area (Å²) in [5.41, 5.74) is 2.48. The van der Waals surface area contributed by atoms with Gasteiger partial charge < -0.3 is 18.9 Å². The number of hydrogen-bond acceptors (Lipinski definition) is 6. The fourth-order valence-electron chi connectivity index (χ4n) is 2.57. The first-order chi connectivity index (χ1) is 11.5. The van der Waals surface area contributed by atoms with Crippen LogP contribution in [-0.4, -0.2) is 47.8 Å². The number of pyridine rings is 1. The smallest absolute Gasteiger partial charge is 0.231 e. The van der Waals surface area contributed by atoms with Gasteiger partial charge in [0, 0.05) is 26.5 Å². The summed E-state index contributed by atoms with van der Waals surface area (Å²) < 4.78 is 13.0. The van der Waals surface area contributed by atoms with E-state index < -0.39 is 0 Å². The van der Waals surface area contributed by atoms with Gasteiger partial charge in [0.1, 0.15) is 10.7 Å². The highest BCUT2D eigenvalue weighted by atomic mass is 35.5. The summed E-state index contributed by atoms with van der Waals surface area (Å²) in [7, 11) is 8.81. The van der Waals surface area contributed by atoms with E-state index in [0.29, 0.717) is 28.4 Å². The number of hydrogen-bond donors (Lipinski definition) is 0. The van der Waals surface area contributed by atoms with Gasteiger partial charge in [-0.2, -0.15) is 9.97 Å². The lowest BCUT2D eigenvalue weighted by Gasteiger charge is -2.17. The van der Waals surface area contributed by atoms with Gasteiger partial charge in [-0.3, -0.25) is 0 Å². The lowest BCUT2D eigenvalue weighted by molar-refractivity contribution is 0.375. The fraction of sp³-hybridized carbons (Fsp3) is 0.312. The number of halogens is 1. The number of rotatable bonds is 4. The van der Waals surface area contributed by atoms with Crippen molar-refractivity contribution in [3.05, 3.63) is 23.5 Å². The van der Waals surface area contributed by atoms with Crippen molar-refractivity contribution in [3.63, 3.8) is 0 Å². The van der Waals surface area contributed by atoms with Crippen LogP contribution in [0.15, 0.2) is 18.3 Å². The van der Waals surface area contributed by atoms with Gasteiger partial charge in [0.25, 0.3) is 0 Å². The molecule has 7 nitrogen and oxygen atoms in total. The molecule has 0 unspecified atom stereocenters. The standard InChI is InChI=1S/C16H18ClN5O2/c1-21(2)16-19-14(23-4)13(15(20-16)24-5)10-6-9-7-12(17)18-8-11(9)22(10)3/h6-8H,1-5H3. The minimum absolute atomic E-state index is 0.440. The highest BCUT2D eigenvalue weighted by molar-refractivity contribution is 6.30. The van der Waals surface area contributed by atoms with Gasteiger partial charge in [-0.15, -0.1) is 0 Å². The fourth-order valence-corrected chi connectivity index (χ4v) is 2.74. The van der Waals surface area contributed by atoms with E-state index in [1.165, 1.54) is 0 Å². The van der Waals surface area contributed by atoms with Crippen LogP contribution in [0.5, 0.6) is 11.8 Å². The van der Waals surface area contributed by atoms with Crippen molar-refractivity contribution in [1.82, 2.24) is 19.5 Å². The largest absolute Gasteiger partial charge is 0.480 e. The second-order valence-electron chi connectivity index (χ2n) is 5.47. The van der Waals surface area contributed by atoms with Gasteiger partial charge >= 0.3 is 0 Å². The second kappa shape index (κ2) is 6.16. The zero-order chi connectivity index (χ0) is 17.4. The molecule has 0 saturated carbocycles. The SMILES string of the molecule is COc1nc(N(C)C)nc(OC)c1-c1cc2cc(Cl)ncc2n1C. The Balaban J connectivity index is 2.31. The predicted molar refractivity (Wildman–Crippen MR) is 94.2 cm³/mol. The summed E-state index contributed by atoms with van der Waals surface area (Å²) in [6.07, 6.45) is 1.73. The van der Waals surface area contributed by atoms with Crippen LogP contribution < -0.4 is 14.4 Å². The number of methoxy groups -OCH3 is 2. The molecule has 0 spiro atoms. The van der Waals surface area contributed by atoms with E-state index in [2.05, 4.69) is 15.0 Å². The van der Waals surface area contributed by atoms with Gasteiger partial charge in [-0.25, -0.2) is 4.98 Å². The van der Waals surface area contributed by atoms with Crippen LogP contribution in [0.4, 0.5) is 5.95 Å². The number of aryl methyl sites for hydroxylation is 1. The van der Waals surface area contributed by atoms with Gasteiger partial charge in [0.05, 0.1) is 31.6 Å². The first kappa shape index (κ1) is 16.3. The summed E-state index contributed by atoms with van der Waals surface area (Å²) in [6, 6.07) is 3.80. The topological polar surface area (TPSA) is 65.3 Å². The lowest BCUT2D eigenvalue weighted by atomic mass is 10.2. The third-order valence-electron chi connectivity index (χ3n) is 3.77. The molecule has 0 aliphatic rings. The Bertz CT molecular complexity index is 882. The molecule has 0 aromatic carbocycles. The molecule has 0 radical (unpaired) electrons. The van der Waals surface area contributed by atoms with Crippen LogP contribution in [0.25, 0.3) is 22.2 Å². The number of aromatic nitrogens is 4. The molecule has 0 atom stereocenters. The van der Waals surface area contributed by atoms with Crippen LogP contribution >= 0.6 is 11.6 Å². The number of nitrogens with zero attached hydrogens (tertiary/aromatic N) is 5. The van der Waals surface area contributed by atoms with E-state index >= 15 is 0 Å². The number of fused-ring (bicyclic) bond motifs is 1. The maximum absolute atomic E-state index is 6.00. The predicted octanol–water partition coefficient (Wildman–Crippen LogP) is 2.77. The van der Waals surface area contributed by atoms with Crippen molar-refractivity contribution in [2.75, 3.05) is 33.2 Å². The summed E-state index contributed by atoms with van der Waals surface area (Å²) >= 11 is 6.00. The molecule has 0 aliphatic carbocycles. The maximum Gasteiger partial charge on any atom is 0.231 e. The number of anilines is 1. The van der Waals surface area contributed by atoms with Gasteiger partial charge in [0.2, 0.25) is 17.7 Å². The molecular formula is C16H18ClN5O2. The van der Waals surface area contributed by atoms with E-state index in [9.17, 15) is 0 Å². The molecule has 0 saturated heterocycles. The molecule has 0 bridgehead atoms.